The van der Waals surface area contributed by atoms with Crippen LogP contribution in [0.15, 0.2) is 182 Å². The zero-order valence-corrected chi connectivity index (χ0v) is 43.2. The van der Waals surface area contributed by atoms with E-state index in [1.165, 1.54) is 38.5 Å². The smallest absolute Gasteiger partial charge is 0.306 e. The number of carbonyl (C=O) groups excluding carboxylic acids is 3. The molecule has 0 saturated heterocycles. The molecule has 0 aromatic heterocycles. The van der Waals surface area contributed by atoms with Gasteiger partial charge in [-0.2, -0.15) is 0 Å². The van der Waals surface area contributed by atoms with Gasteiger partial charge in [-0.1, -0.05) is 242 Å². The van der Waals surface area contributed by atoms with E-state index in [4.69, 9.17) is 14.2 Å². The van der Waals surface area contributed by atoms with E-state index in [1.54, 1.807) is 0 Å². The maximum atomic E-state index is 12.8. The lowest BCUT2D eigenvalue weighted by Crippen LogP contribution is -2.30. The first-order valence-electron chi connectivity index (χ1n) is 26.4. The summed E-state index contributed by atoms with van der Waals surface area (Å²) < 4.78 is 16.6. The highest BCUT2D eigenvalue weighted by molar-refractivity contribution is 5.71. The molecule has 0 rings (SSSR count). The Bertz CT molecular complexity index is 1700. The molecule has 6 heteroatoms. The summed E-state index contributed by atoms with van der Waals surface area (Å²) in [6.07, 6.45) is 83.2. The van der Waals surface area contributed by atoms with Gasteiger partial charge in [0.05, 0.1) is 0 Å². The Morgan fingerprint density at radius 2 is 0.667 bits per heavy atom. The van der Waals surface area contributed by atoms with Gasteiger partial charge in [-0.3, -0.25) is 14.4 Å². The molecule has 0 saturated carbocycles. The number of carbonyl (C=O) groups is 3. The summed E-state index contributed by atoms with van der Waals surface area (Å²) in [5, 5.41) is 0. The average molecular weight is 945 g/mol. The molecule has 0 aromatic rings. The van der Waals surface area contributed by atoms with Crippen LogP contribution in [0.3, 0.4) is 0 Å². The van der Waals surface area contributed by atoms with Crippen LogP contribution in [0.1, 0.15) is 175 Å². The molecule has 1 atom stereocenters. The summed E-state index contributed by atoms with van der Waals surface area (Å²) in [7, 11) is 0. The maximum absolute atomic E-state index is 12.8. The fraction of sp³-hybridized carbons (Fsp3) is 0.476. The number of allylic oxidation sites excluding steroid dienone is 30. The van der Waals surface area contributed by atoms with Crippen molar-refractivity contribution in [3.05, 3.63) is 182 Å². The number of rotatable bonds is 44. The zero-order chi connectivity index (χ0) is 50.0. The predicted octanol–water partition coefficient (Wildman–Crippen LogP) is 17.7. The molecule has 0 aliphatic rings. The van der Waals surface area contributed by atoms with Crippen molar-refractivity contribution >= 4 is 17.9 Å². The van der Waals surface area contributed by atoms with Crippen LogP contribution in [0, 0.1) is 0 Å². The van der Waals surface area contributed by atoms with Crippen molar-refractivity contribution in [3.63, 3.8) is 0 Å². The van der Waals surface area contributed by atoms with E-state index in [9.17, 15) is 14.4 Å². The maximum Gasteiger partial charge on any atom is 0.306 e. The Kier molecular flexibility index (Phi) is 50.7. The van der Waals surface area contributed by atoms with Crippen molar-refractivity contribution < 1.29 is 28.6 Å². The quantitative estimate of drug-likeness (QED) is 0.0199. The Labute approximate surface area is 421 Å². The SMILES string of the molecule is CC/C=C/C=C/C=C/C=C/C=C/C=C/C=C/CCCCCC(=O)OCC(COC(=O)CC/C=C/C/C=C/CCCCCCCC)OC(=O)CC/C=C/C/C=C/C/C=C/C/C=C/C/C=C/C/C=C/CC. The topological polar surface area (TPSA) is 78.9 Å². The van der Waals surface area contributed by atoms with E-state index < -0.39 is 12.1 Å². The van der Waals surface area contributed by atoms with Crippen molar-refractivity contribution in [1.29, 1.82) is 0 Å². The highest BCUT2D eigenvalue weighted by Crippen LogP contribution is 2.10. The molecule has 69 heavy (non-hydrogen) atoms. The highest BCUT2D eigenvalue weighted by Gasteiger charge is 2.19. The molecular formula is C63H92O6. The Hall–Kier alpha value is -5.49. The van der Waals surface area contributed by atoms with Gasteiger partial charge < -0.3 is 14.2 Å². The van der Waals surface area contributed by atoms with Gasteiger partial charge in [-0.15, -0.1) is 0 Å². The third-order valence-electron chi connectivity index (χ3n) is 10.1. The monoisotopic (exact) mass is 945 g/mol. The van der Waals surface area contributed by atoms with Gasteiger partial charge >= 0.3 is 17.9 Å². The van der Waals surface area contributed by atoms with E-state index in [0.717, 1.165) is 77.0 Å². The van der Waals surface area contributed by atoms with Gasteiger partial charge in [0.1, 0.15) is 13.2 Å². The Morgan fingerprint density at radius 1 is 0.319 bits per heavy atom. The molecule has 1 unspecified atom stereocenters. The lowest BCUT2D eigenvalue weighted by atomic mass is 10.1. The Morgan fingerprint density at radius 3 is 1.14 bits per heavy atom. The van der Waals surface area contributed by atoms with Gasteiger partial charge in [0, 0.05) is 19.3 Å². The predicted molar refractivity (Wildman–Crippen MR) is 297 cm³/mol. The first-order valence-corrected chi connectivity index (χ1v) is 26.4. The molecule has 0 amide bonds. The standard InChI is InChI=1S/C63H92O6/c1-4-7-10-13-16-19-22-25-27-29-31-33-35-38-41-44-47-50-53-56-62(65)68-59-60(58-67-61(64)55-52-49-46-43-40-37-24-21-18-15-12-9-6-3)69-63(66)57-54-51-48-45-42-39-36-34-32-30-28-26-23-20-17-14-11-8-5-2/h7-8,10-11,13,16-17,19-20,22,25-29,31-35,37-42,46,48-49,51,60H,4-6,9,12,14-15,18,21,23-24,30,36,43-45,47,50,52-59H2,1-3H3/b10-7+,11-8+,16-13+,20-17+,22-19+,27-25+,28-26+,31-29+,34-32+,35-33+,40-37+,41-38+,42-39+,49-46+,51-48+. The summed E-state index contributed by atoms with van der Waals surface area (Å²) >= 11 is 0. The van der Waals surface area contributed by atoms with Gasteiger partial charge in [-0.05, 0) is 96.3 Å². The van der Waals surface area contributed by atoms with Crippen LogP contribution < -0.4 is 0 Å². The third kappa shape index (κ3) is 53.3. The van der Waals surface area contributed by atoms with Crippen LogP contribution in [0.4, 0.5) is 0 Å². The second-order valence-electron chi connectivity index (χ2n) is 16.5. The summed E-state index contributed by atoms with van der Waals surface area (Å²) in [5.41, 5.74) is 0. The van der Waals surface area contributed by atoms with Gasteiger partial charge in [-0.25, -0.2) is 0 Å². The number of hydrogen-bond donors (Lipinski definition) is 0. The molecule has 0 aliphatic carbocycles. The first-order chi connectivity index (χ1) is 34.0. The van der Waals surface area contributed by atoms with Crippen LogP contribution >= 0.6 is 0 Å². The zero-order valence-electron chi connectivity index (χ0n) is 43.2. The third-order valence-corrected chi connectivity index (χ3v) is 10.1. The average Bonchev–Trinajstić information content (AvgIpc) is 3.35. The molecule has 6 nitrogen and oxygen atoms in total. The van der Waals surface area contributed by atoms with Crippen molar-refractivity contribution in [3.8, 4) is 0 Å². The van der Waals surface area contributed by atoms with E-state index in [-0.39, 0.29) is 44.4 Å². The lowest BCUT2D eigenvalue weighted by molar-refractivity contribution is -0.166. The molecule has 0 fully saturated rings. The van der Waals surface area contributed by atoms with Crippen LogP contribution in [0.25, 0.3) is 0 Å². The minimum absolute atomic E-state index is 0.160. The highest BCUT2D eigenvalue weighted by atomic mass is 16.6. The van der Waals surface area contributed by atoms with Crippen LogP contribution in [-0.4, -0.2) is 37.2 Å². The normalized spacial score (nSPS) is 13.6. The summed E-state index contributed by atoms with van der Waals surface area (Å²) in [6, 6.07) is 0. The van der Waals surface area contributed by atoms with Crippen LogP contribution in [-0.2, 0) is 28.6 Å². The molecule has 0 bridgehead atoms. The molecule has 0 spiro atoms. The van der Waals surface area contributed by atoms with Gasteiger partial charge in [0.25, 0.3) is 0 Å². The lowest BCUT2D eigenvalue weighted by Gasteiger charge is -2.18. The molecule has 380 valence electrons. The van der Waals surface area contributed by atoms with E-state index in [0.29, 0.717) is 19.3 Å². The number of ether oxygens (including phenoxy) is 3. The van der Waals surface area contributed by atoms with Crippen LogP contribution in [0.5, 0.6) is 0 Å². The largest absolute Gasteiger partial charge is 0.462 e. The molecule has 0 aromatic carbocycles. The molecule has 0 N–H and O–H groups in total. The fourth-order valence-corrected chi connectivity index (χ4v) is 6.21. The minimum atomic E-state index is -0.871. The van der Waals surface area contributed by atoms with Crippen LogP contribution in [0.2, 0.25) is 0 Å². The molecule has 0 aliphatic heterocycles. The van der Waals surface area contributed by atoms with E-state index >= 15 is 0 Å². The minimum Gasteiger partial charge on any atom is -0.462 e. The van der Waals surface area contributed by atoms with Gasteiger partial charge in [0.15, 0.2) is 6.10 Å². The second-order valence-corrected chi connectivity index (χ2v) is 16.5. The number of hydrogen-bond acceptors (Lipinski definition) is 6. The summed E-state index contributed by atoms with van der Waals surface area (Å²) in [5.74, 6) is -1.17. The van der Waals surface area contributed by atoms with Crippen molar-refractivity contribution in [1.82, 2.24) is 0 Å². The number of unbranched alkanes of at least 4 members (excludes halogenated alkanes) is 9. The molecule has 0 heterocycles. The van der Waals surface area contributed by atoms with E-state index in [1.807, 2.05) is 91.1 Å². The fourth-order valence-electron chi connectivity index (χ4n) is 6.21. The molecule has 0 radical (unpaired) electrons. The van der Waals surface area contributed by atoms with E-state index in [2.05, 4.69) is 112 Å². The number of esters is 3. The molecular weight excluding hydrogens is 853 g/mol. The van der Waals surface area contributed by atoms with Crippen molar-refractivity contribution in [2.45, 2.75) is 181 Å². The van der Waals surface area contributed by atoms with Gasteiger partial charge in [0.2, 0.25) is 0 Å². The van der Waals surface area contributed by atoms with Crippen molar-refractivity contribution in [2.75, 3.05) is 13.2 Å². The second kappa shape index (κ2) is 55.1. The first kappa shape index (κ1) is 63.5. The Balaban J connectivity index is 4.71. The van der Waals surface area contributed by atoms with Crippen molar-refractivity contribution in [2.24, 2.45) is 0 Å². The summed E-state index contributed by atoms with van der Waals surface area (Å²) in [4.78, 5) is 38.0. The summed E-state index contributed by atoms with van der Waals surface area (Å²) in [6.45, 7) is 6.18.